The Hall–Kier alpha value is -3.94. The van der Waals surface area contributed by atoms with E-state index in [9.17, 15) is 24.1 Å². The molecule has 0 saturated carbocycles. The van der Waals surface area contributed by atoms with Crippen molar-refractivity contribution in [2.75, 3.05) is 13.7 Å². The van der Waals surface area contributed by atoms with Gasteiger partial charge in [-0.1, -0.05) is 54.6 Å². The topological polar surface area (TPSA) is 128 Å². The summed E-state index contributed by atoms with van der Waals surface area (Å²) >= 11 is 0. The minimum absolute atomic E-state index is 0.0593. The summed E-state index contributed by atoms with van der Waals surface area (Å²) in [5.74, 6) is -1.63. The van der Waals surface area contributed by atoms with Crippen LogP contribution in [0.1, 0.15) is 12.0 Å². The highest BCUT2D eigenvalue weighted by atomic mass is 31.2. The maximum Gasteiger partial charge on any atom is 0.408 e. The summed E-state index contributed by atoms with van der Waals surface area (Å²) in [6.07, 6.45) is -1.66. The van der Waals surface area contributed by atoms with E-state index in [1.54, 1.807) is 78.9 Å². The van der Waals surface area contributed by atoms with Gasteiger partial charge in [0.2, 0.25) is 0 Å². The molecule has 3 aromatic carbocycles. The van der Waals surface area contributed by atoms with Gasteiger partial charge in [0.05, 0.1) is 13.5 Å². The van der Waals surface area contributed by atoms with Gasteiger partial charge in [0.25, 0.3) is 7.37 Å². The van der Waals surface area contributed by atoms with E-state index in [4.69, 9.17) is 14.0 Å². The monoisotopic (exact) mass is 511 g/mol. The second-order valence-electron chi connectivity index (χ2n) is 7.68. The molecule has 0 aliphatic rings. The van der Waals surface area contributed by atoms with E-state index in [2.05, 4.69) is 5.32 Å². The van der Waals surface area contributed by atoms with Gasteiger partial charge in [-0.2, -0.15) is 0 Å². The summed E-state index contributed by atoms with van der Waals surface area (Å²) in [5.41, 5.74) is 0.721. The highest BCUT2D eigenvalue weighted by molar-refractivity contribution is 7.74. The number of ether oxygens (including phenoxy) is 2. The molecule has 2 atom stereocenters. The number of hydrogen-bond acceptors (Lipinski definition) is 7. The lowest BCUT2D eigenvalue weighted by Crippen LogP contribution is -2.44. The van der Waals surface area contributed by atoms with Gasteiger partial charge in [0, 0.05) is 10.6 Å². The first-order valence-corrected chi connectivity index (χ1v) is 12.6. The zero-order valence-electron chi connectivity index (χ0n) is 19.5. The Balaban J connectivity index is 1.75. The lowest BCUT2D eigenvalue weighted by atomic mass is 10.1. The highest BCUT2D eigenvalue weighted by Crippen LogP contribution is 2.45. The number of amides is 1. The molecule has 188 valence electrons. The summed E-state index contributed by atoms with van der Waals surface area (Å²) in [6.45, 7) is -0.767. The molecular formula is C26H26NO8P. The zero-order valence-corrected chi connectivity index (χ0v) is 20.4. The first-order chi connectivity index (χ1) is 17.3. The van der Waals surface area contributed by atoms with E-state index in [1.165, 1.54) is 7.11 Å². The minimum Gasteiger partial charge on any atom is -0.497 e. The number of nitrogens with one attached hydrogen (secondary N) is 1. The van der Waals surface area contributed by atoms with Crippen molar-refractivity contribution in [3.8, 4) is 5.75 Å². The third-order valence-corrected chi connectivity index (χ3v) is 7.58. The second-order valence-corrected chi connectivity index (χ2v) is 10.1. The van der Waals surface area contributed by atoms with E-state index >= 15 is 0 Å². The third-order valence-electron chi connectivity index (χ3n) is 5.15. The largest absolute Gasteiger partial charge is 0.497 e. The van der Waals surface area contributed by atoms with Crippen molar-refractivity contribution < 1.29 is 38.1 Å². The lowest BCUT2D eigenvalue weighted by molar-refractivity contribution is -0.139. The molecule has 3 rings (SSSR count). The normalized spacial score (nSPS) is 13.1. The van der Waals surface area contributed by atoms with Gasteiger partial charge in [0.1, 0.15) is 25.0 Å². The maximum absolute atomic E-state index is 14.1. The number of hydrogen-bond donors (Lipinski definition) is 2. The summed E-state index contributed by atoms with van der Waals surface area (Å²) in [5, 5.41) is 12.2. The average Bonchev–Trinajstić information content (AvgIpc) is 2.91. The van der Waals surface area contributed by atoms with Crippen LogP contribution in [-0.2, 0) is 30.0 Å². The number of rotatable bonds is 12. The van der Waals surface area contributed by atoms with Gasteiger partial charge in [-0.3, -0.25) is 14.2 Å². The molecule has 9 nitrogen and oxygen atoms in total. The number of ketones is 1. The molecule has 0 aliphatic heterocycles. The van der Waals surface area contributed by atoms with Crippen LogP contribution in [0.5, 0.6) is 5.75 Å². The predicted molar refractivity (Wildman–Crippen MR) is 133 cm³/mol. The summed E-state index contributed by atoms with van der Waals surface area (Å²) < 4.78 is 30.1. The molecule has 0 radical (unpaired) electrons. The van der Waals surface area contributed by atoms with Crippen LogP contribution >= 0.6 is 7.37 Å². The number of carbonyl (C=O) groups excluding carboxylic acids is 2. The molecule has 3 aromatic rings. The first kappa shape index (κ1) is 26.7. The van der Waals surface area contributed by atoms with Crippen LogP contribution in [0, 0.1) is 0 Å². The highest BCUT2D eigenvalue weighted by Gasteiger charge is 2.32. The third kappa shape index (κ3) is 7.28. The van der Waals surface area contributed by atoms with Gasteiger partial charge in [-0.15, -0.1) is 0 Å². The molecule has 10 heteroatoms. The van der Waals surface area contributed by atoms with Crippen LogP contribution in [0.4, 0.5) is 4.79 Å². The molecule has 0 aromatic heterocycles. The number of methoxy groups -OCH3 is 1. The molecule has 0 heterocycles. The Morgan fingerprint density at radius 3 is 2.19 bits per heavy atom. The predicted octanol–water partition coefficient (Wildman–Crippen LogP) is 3.28. The van der Waals surface area contributed by atoms with Gasteiger partial charge in [-0.05, 0) is 35.9 Å². The van der Waals surface area contributed by atoms with Crippen LogP contribution in [0.25, 0.3) is 0 Å². The molecule has 1 unspecified atom stereocenters. The Morgan fingerprint density at radius 1 is 0.917 bits per heavy atom. The van der Waals surface area contributed by atoms with Crippen molar-refractivity contribution >= 4 is 35.8 Å². The van der Waals surface area contributed by atoms with Gasteiger partial charge in [0.15, 0.2) is 5.78 Å². The molecule has 0 aliphatic carbocycles. The molecule has 0 fully saturated rings. The first-order valence-electron chi connectivity index (χ1n) is 11.0. The fourth-order valence-electron chi connectivity index (χ4n) is 3.30. The SMILES string of the molecule is COc1cccc(P(=O)(OCC(=O)[C@H](CC(=O)O)NC(=O)OCc2ccccc2)c2ccccc2)c1. The van der Waals surface area contributed by atoms with Crippen molar-refractivity contribution in [3.63, 3.8) is 0 Å². The number of benzene rings is 3. The fourth-order valence-corrected chi connectivity index (χ4v) is 5.35. The fraction of sp³-hybridized carbons (Fsp3) is 0.192. The van der Waals surface area contributed by atoms with Crippen LogP contribution in [-0.4, -0.2) is 42.7 Å². The van der Waals surface area contributed by atoms with Crippen LogP contribution in [0.2, 0.25) is 0 Å². The summed E-state index contributed by atoms with van der Waals surface area (Å²) in [6, 6.07) is 22.2. The van der Waals surface area contributed by atoms with Crippen molar-refractivity contribution in [1.82, 2.24) is 5.32 Å². The minimum atomic E-state index is -3.77. The molecule has 2 N–H and O–H groups in total. The molecule has 0 spiro atoms. The quantitative estimate of drug-likeness (QED) is 0.355. The van der Waals surface area contributed by atoms with E-state index in [0.717, 1.165) is 5.56 Å². The van der Waals surface area contributed by atoms with E-state index < -0.39 is 44.3 Å². The second kappa shape index (κ2) is 12.7. The Morgan fingerprint density at radius 2 is 1.56 bits per heavy atom. The van der Waals surface area contributed by atoms with Crippen molar-refractivity contribution in [2.45, 2.75) is 19.1 Å². The van der Waals surface area contributed by atoms with Crippen molar-refractivity contribution in [2.24, 2.45) is 0 Å². The lowest BCUT2D eigenvalue weighted by Gasteiger charge is -2.21. The standard InChI is InChI=1S/C26H26NO8P/c1-33-20-11-8-14-22(15-20)36(32,21-12-6-3-7-13-21)35-18-24(28)23(16-25(29)30)27-26(31)34-17-19-9-4-2-5-10-19/h2-15,23H,16-18H2,1H3,(H,27,31)(H,29,30)/t23-,36?/m0/s1. The summed E-state index contributed by atoms with van der Waals surface area (Å²) in [7, 11) is -2.30. The Kier molecular flexibility index (Phi) is 9.39. The zero-order chi connectivity index (χ0) is 26.0. The van der Waals surface area contributed by atoms with Crippen LogP contribution in [0.15, 0.2) is 84.9 Å². The molecular weight excluding hydrogens is 485 g/mol. The molecule has 0 bridgehead atoms. The smallest absolute Gasteiger partial charge is 0.408 e. The van der Waals surface area contributed by atoms with E-state index in [0.29, 0.717) is 16.4 Å². The Bertz CT molecular complexity index is 1230. The summed E-state index contributed by atoms with van der Waals surface area (Å²) in [4.78, 5) is 36.5. The molecule has 0 saturated heterocycles. The number of carbonyl (C=O) groups is 3. The van der Waals surface area contributed by atoms with Crippen molar-refractivity contribution in [3.05, 3.63) is 90.5 Å². The van der Waals surface area contributed by atoms with Gasteiger partial charge >= 0.3 is 12.1 Å². The van der Waals surface area contributed by atoms with Crippen LogP contribution < -0.4 is 20.7 Å². The molecule has 36 heavy (non-hydrogen) atoms. The molecule has 1 amide bonds. The number of aliphatic carboxylic acids is 1. The number of carboxylic acid groups (broad SMARTS) is 1. The number of carboxylic acids is 1. The van der Waals surface area contributed by atoms with Crippen LogP contribution in [0.3, 0.4) is 0 Å². The Labute approximate surface area is 208 Å². The van der Waals surface area contributed by atoms with Crippen molar-refractivity contribution in [1.29, 1.82) is 0 Å². The number of alkyl carbamates (subject to hydrolysis) is 1. The van der Waals surface area contributed by atoms with E-state index in [1.807, 2.05) is 6.07 Å². The van der Waals surface area contributed by atoms with E-state index in [-0.39, 0.29) is 6.61 Å². The van der Waals surface area contributed by atoms with Gasteiger partial charge in [-0.25, -0.2) is 4.79 Å². The number of Topliss-reactive ketones (excluding diaryl/α,β-unsaturated/α-hetero) is 1. The average molecular weight is 511 g/mol. The maximum atomic E-state index is 14.1. The van der Waals surface area contributed by atoms with Gasteiger partial charge < -0.3 is 24.4 Å².